The second-order valence-electron chi connectivity index (χ2n) is 6.12. The highest BCUT2D eigenvalue weighted by Gasteiger charge is 2.39. The molecule has 2 aromatic rings. The predicted octanol–water partition coefficient (Wildman–Crippen LogP) is 2.11. The van der Waals surface area contributed by atoms with Gasteiger partial charge >= 0.3 is 0 Å². The van der Waals surface area contributed by atoms with E-state index in [1.807, 2.05) is 0 Å². The molecule has 0 radical (unpaired) electrons. The second-order valence-corrected chi connectivity index (χ2v) is 6.12. The van der Waals surface area contributed by atoms with Crippen LogP contribution in [0.1, 0.15) is 25.7 Å². The van der Waals surface area contributed by atoms with Crippen LogP contribution in [0.25, 0.3) is 10.9 Å². The average Bonchev–Trinajstić information content (AvgIpc) is 3.02. The fraction of sp³-hybridized carbons (Fsp3) is 0.467. The number of nitrogen functional groups attached to an aromatic ring is 1. The normalized spacial score (nSPS) is 28.1. The minimum atomic E-state index is -0.132. The first-order chi connectivity index (χ1) is 9.69. The SMILES string of the molecule is Nc1ccc2nc(NC3CC4CCC3C4)[nH]c(=O)c2c1. The van der Waals surface area contributed by atoms with Crippen molar-refractivity contribution in [3.05, 3.63) is 28.6 Å². The third kappa shape index (κ3) is 1.85. The molecule has 20 heavy (non-hydrogen) atoms. The zero-order valence-corrected chi connectivity index (χ0v) is 11.2. The van der Waals surface area contributed by atoms with E-state index < -0.39 is 0 Å². The molecule has 0 spiro atoms. The predicted molar refractivity (Wildman–Crippen MR) is 79.6 cm³/mol. The van der Waals surface area contributed by atoms with Gasteiger partial charge in [0.1, 0.15) is 0 Å². The van der Waals surface area contributed by atoms with Crippen LogP contribution in [0.5, 0.6) is 0 Å². The van der Waals surface area contributed by atoms with E-state index in [4.69, 9.17) is 5.73 Å². The molecule has 0 aliphatic heterocycles. The monoisotopic (exact) mass is 270 g/mol. The van der Waals surface area contributed by atoms with E-state index in [9.17, 15) is 4.79 Å². The summed E-state index contributed by atoms with van der Waals surface area (Å²) in [5.74, 6) is 2.20. The van der Waals surface area contributed by atoms with Gasteiger partial charge in [0.2, 0.25) is 5.95 Å². The number of aromatic nitrogens is 2. The van der Waals surface area contributed by atoms with Crippen molar-refractivity contribution in [2.45, 2.75) is 31.7 Å². The Morgan fingerprint density at radius 1 is 1.30 bits per heavy atom. The number of nitrogens with two attached hydrogens (primary N) is 1. The Morgan fingerprint density at radius 3 is 2.95 bits per heavy atom. The number of fused-ring (bicyclic) bond motifs is 3. The lowest BCUT2D eigenvalue weighted by atomic mass is 9.95. The molecule has 2 saturated carbocycles. The number of H-pyrrole nitrogens is 1. The molecule has 2 aliphatic carbocycles. The number of hydrogen-bond donors (Lipinski definition) is 3. The van der Waals surface area contributed by atoms with Crippen LogP contribution in [0.2, 0.25) is 0 Å². The lowest BCUT2D eigenvalue weighted by Gasteiger charge is -2.23. The van der Waals surface area contributed by atoms with Crippen molar-refractivity contribution in [3.63, 3.8) is 0 Å². The van der Waals surface area contributed by atoms with Gasteiger partial charge in [0, 0.05) is 11.7 Å². The van der Waals surface area contributed by atoms with Gasteiger partial charge in [0.25, 0.3) is 5.56 Å². The van der Waals surface area contributed by atoms with Crippen molar-refractivity contribution >= 4 is 22.5 Å². The van der Waals surface area contributed by atoms with Crippen LogP contribution in [0.4, 0.5) is 11.6 Å². The lowest BCUT2D eigenvalue weighted by Crippen LogP contribution is -2.28. The van der Waals surface area contributed by atoms with E-state index in [2.05, 4.69) is 15.3 Å². The fourth-order valence-corrected chi connectivity index (χ4v) is 3.82. The topological polar surface area (TPSA) is 83.8 Å². The minimum absolute atomic E-state index is 0.132. The molecule has 4 N–H and O–H groups in total. The second kappa shape index (κ2) is 4.23. The molecule has 1 aromatic heterocycles. The summed E-state index contributed by atoms with van der Waals surface area (Å²) in [6.45, 7) is 0. The van der Waals surface area contributed by atoms with Gasteiger partial charge in [-0.05, 0) is 49.3 Å². The van der Waals surface area contributed by atoms with Crippen LogP contribution in [-0.2, 0) is 0 Å². The van der Waals surface area contributed by atoms with Gasteiger partial charge in [0.15, 0.2) is 0 Å². The largest absolute Gasteiger partial charge is 0.399 e. The highest BCUT2D eigenvalue weighted by atomic mass is 16.1. The van der Waals surface area contributed by atoms with Crippen molar-refractivity contribution in [3.8, 4) is 0 Å². The van der Waals surface area contributed by atoms with E-state index in [-0.39, 0.29) is 5.56 Å². The summed E-state index contributed by atoms with van der Waals surface area (Å²) < 4.78 is 0. The van der Waals surface area contributed by atoms with Crippen LogP contribution in [-0.4, -0.2) is 16.0 Å². The minimum Gasteiger partial charge on any atom is -0.399 e. The van der Waals surface area contributed by atoms with Crippen molar-refractivity contribution in [2.75, 3.05) is 11.1 Å². The summed E-state index contributed by atoms with van der Waals surface area (Å²) in [5.41, 5.74) is 6.85. The molecular formula is C15H18N4O. The Labute approximate surface area is 116 Å². The van der Waals surface area contributed by atoms with Gasteiger partial charge in [-0.25, -0.2) is 4.98 Å². The number of rotatable bonds is 2. The maximum Gasteiger partial charge on any atom is 0.260 e. The van der Waals surface area contributed by atoms with Crippen molar-refractivity contribution in [2.24, 2.45) is 11.8 Å². The third-order valence-electron chi connectivity index (χ3n) is 4.79. The molecule has 5 nitrogen and oxygen atoms in total. The smallest absolute Gasteiger partial charge is 0.260 e. The zero-order valence-electron chi connectivity index (χ0n) is 11.2. The molecule has 3 unspecified atom stereocenters. The zero-order chi connectivity index (χ0) is 13.7. The molecule has 4 rings (SSSR count). The average molecular weight is 270 g/mol. The summed E-state index contributed by atoms with van der Waals surface area (Å²) in [7, 11) is 0. The number of hydrogen-bond acceptors (Lipinski definition) is 4. The van der Waals surface area contributed by atoms with Crippen molar-refractivity contribution in [1.29, 1.82) is 0 Å². The Kier molecular flexibility index (Phi) is 2.49. The van der Waals surface area contributed by atoms with Crippen molar-refractivity contribution in [1.82, 2.24) is 9.97 Å². The summed E-state index contributed by atoms with van der Waals surface area (Å²) in [4.78, 5) is 19.4. The van der Waals surface area contributed by atoms with Gasteiger partial charge in [-0.2, -0.15) is 0 Å². The van der Waals surface area contributed by atoms with Gasteiger partial charge in [-0.15, -0.1) is 0 Å². The molecule has 2 bridgehead atoms. The van der Waals surface area contributed by atoms with E-state index in [0.717, 1.165) is 11.8 Å². The van der Waals surface area contributed by atoms with Crippen LogP contribution < -0.4 is 16.6 Å². The summed E-state index contributed by atoms with van der Waals surface area (Å²) >= 11 is 0. The standard InChI is InChI=1S/C15H18N4O/c16-10-3-4-12-11(7-10)14(20)19-15(17-12)18-13-6-8-1-2-9(13)5-8/h3-4,7-9,13H,1-2,5-6,16H2,(H2,17,18,19,20). The molecular weight excluding hydrogens is 252 g/mol. The lowest BCUT2D eigenvalue weighted by molar-refractivity contribution is 0.438. The number of nitrogens with one attached hydrogen (secondary N) is 2. The Morgan fingerprint density at radius 2 is 2.20 bits per heavy atom. The first-order valence-electron chi connectivity index (χ1n) is 7.25. The third-order valence-corrected chi connectivity index (χ3v) is 4.79. The van der Waals surface area contributed by atoms with E-state index in [0.29, 0.717) is 28.6 Å². The van der Waals surface area contributed by atoms with Crippen LogP contribution in [0.15, 0.2) is 23.0 Å². The number of anilines is 2. The Hall–Kier alpha value is -2.04. The van der Waals surface area contributed by atoms with E-state index in [1.54, 1.807) is 18.2 Å². The highest BCUT2D eigenvalue weighted by Crippen LogP contribution is 2.45. The van der Waals surface area contributed by atoms with Gasteiger partial charge < -0.3 is 11.1 Å². The van der Waals surface area contributed by atoms with Crippen LogP contribution in [0, 0.1) is 11.8 Å². The molecule has 0 saturated heterocycles. The maximum atomic E-state index is 12.1. The molecule has 1 aromatic carbocycles. The van der Waals surface area contributed by atoms with Gasteiger partial charge in [-0.1, -0.05) is 6.42 Å². The quantitative estimate of drug-likeness (QED) is 0.730. The van der Waals surface area contributed by atoms with Crippen molar-refractivity contribution < 1.29 is 0 Å². The highest BCUT2D eigenvalue weighted by molar-refractivity contribution is 5.81. The molecule has 104 valence electrons. The summed E-state index contributed by atoms with van der Waals surface area (Å²) in [5, 5.41) is 3.97. The van der Waals surface area contributed by atoms with Crippen LogP contribution in [0.3, 0.4) is 0 Å². The first-order valence-corrected chi connectivity index (χ1v) is 7.25. The van der Waals surface area contributed by atoms with E-state index in [1.165, 1.54) is 25.7 Å². The molecule has 5 heteroatoms. The number of benzene rings is 1. The maximum absolute atomic E-state index is 12.1. The Bertz CT molecular complexity index is 723. The fourth-order valence-electron chi connectivity index (χ4n) is 3.82. The molecule has 0 amide bonds. The molecule has 3 atom stereocenters. The molecule has 1 heterocycles. The number of nitrogens with zero attached hydrogens (tertiary/aromatic N) is 1. The summed E-state index contributed by atoms with van der Waals surface area (Å²) in [6, 6.07) is 5.70. The van der Waals surface area contributed by atoms with E-state index >= 15 is 0 Å². The molecule has 2 aliphatic rings. The first kappa shape index (κ1) is 11.8. The van der Waals surface area contributed by atoms with Gasteiger partial charge in [-0.3, -0.25) is 9.78 Å². The van der Waals surface area contributed by atoms with Crippen LogP contribution >= 0.6 is 0 Å². The summed E-state index contributed by atoms with van der Waals surface area (Å²) in [6.07, 6.45) is 5.20. The van der Waals surface area contributed by atoms with Gasteiger partial charge in [0.05, 0.1) is 10.9 Å². The molecule has 2 fully saturated rings. The number of aromatic amines is 1. The Balaban J connectivity index is 1.67.